The maximum Gasteiger partial charge on any atom is 0.229 e. The average molecular weight is 199 g/mol. The van der Waals surface area contributed by atoms with Gasteiger partial charge in [-0.25, -0.2) is 8.42 Å². The lowest BCUT2D eigenvalue weighted by molar-refractivity contribution is 0.607. The second kappa shape index (κ2) is 3.66. The van der Waals surface area contributed by atoms with E-state index >= 15 is 0 Å². The van der Waals surface area contributed by atoms with E-state index in [-0.39, 0.29) is 0 Å². The van der Waals surface area contributed by atoms with Crippen molar-refractivity contribution in [1.82, 2.24) is 0 Å². The lowest BCUT2D eigenvalue weighted by atomic mass is 10.3. The molecule has 1 rings (SSSR count). The molecule has 1 radical (unpaired) electrons. The van der Waals surface area contributed by atoms with Crippen molar-refractivity contribution in [1.29, 1.82) is 0 Å². The molecule has 1 aromatic carbocycles. The van der Waals surface area contributed by atoms with Gasteiger partial charge in [0.25, 0.3) is 0 Å². The zero-order valence-corrected chi connectivity index (χ0v) is 8.06. The van der Waals surface area contributed by atoms with E-state index in [1.807, 2.05) is 0 Å². The van der Waals surface area contributed by atoms with E-state index in [1.54, 1.807) is 24.3 Å². The lowest BCUT2D eigenvalue weighted by Gasteiger charge is -2.05. The molecule has 0 aromatic heterocycles. The summed E-state index contributed by atoms with van der Waals surface area (Å²) >= 11 is 0. The molecule has 0 bridgehead atoms. The Bertz CT molecular complexity index is 387. The summed E-state index contributed by atoms with van der Waals surface area (Å²) in [6.07, 6.45) is 1.11. The van der Waals surface area contributed by atoms with Crippen molar-refractivity contribution in [3.8, 4) is 0 Å². The molecule has 0 aliphatic heterocycles. The highest BCUT2D eigenvalue weighted by atomic mass is 32.2. The first-order valence-electron chi connectivity index (χ1n) is 3.62. The number of sulfonamides is 1. The Morgan fingerprint density at radius 3 is 2.46 bits per heavy atom. The van der Waals surface area contributed by atoms with Crippen LogP contribution in [0.5, 0.6) is 0 Å². The molecule has 0 amide bonds. The molecule has 0 atom stereocenters. The Kier molecular flexibility index (Phi) is 2.77. The molecule has 5 heteroatoms. The minimum Gasteiger partial charge on any atom is -0.383 e. The third kappa shape index (κ3) is 3.33. The topological polar surface area (TPSA) is 58.2 Å². The number of nitrogens with one attached hydrogen (secondary N) is 2. The highest BCUT2D eigenvalue weighted by Crippen LogP contribution is 2.15. The SMILES string of the molecule is [CH2]Nc1cccc(NS(C)(=O)=O)c1. The maximum absolute atomic E-state index is 10.9. The highest BCUT2D eigenvalue weighted by Gasteiger charge is 2.00. The van der Waals surface area contributed by atoms with Gasteiger partial charge in [-0.2, -0.15) is 0 Å². The van der Waals surface area contributed by atoms with E-state index in [0.717, 1.165) is 11.9 Å². The minimum absolute atomic E-state index is 0.524. The number of hydrogen-bond donors (Lipinski definition) is 2. The van der Waals surface area contributed by atoms with Gasteiger partial charge in [0.2, 0.25) is 10.0 Å². The summed E-state index contributed by atoms with van der Waals surface area (Å²) in [5.41, 5.74) is 1.28. The van der Waals surface area contributed by atoms with Crippen LogP contribution in [-0.4, -0.2) is 14.7 Å². The van der Waals surface area contributed by atoms with Crippen molar-refractivity contribution in [3.63, 3.8) is 0 Å². The van der Waals surface area contributed by atoms with E-state index in [2.05, 4.69) is 17.1 Å². The molecule has 13 heavy (non-hydrogen) atoms. The van der Waals surface area contributed by atoms with E-state index < -0.39 is 10.0 Å². The van der Waals surface area contributed by atoms with E-state index in [4.69, 9.17) is 0 Å². The highest BCUT2D eigenvalue weighted by molar-refractivity contribution is 7.92. The van der Waals surface area contributed by atoms with Crippen molar-refractivity contribution < 1.29 is 8.42 Å². The molecule has 0 heterocycles. The van der Waals surface area contributed by atoms with Gasteiger partial charge < -0.3 is 5.32 Å². The van der Waals surface area contributed by atoms with E-state index in [0.29, 0.717) is 5.69 Å². The smallest absolute Gasteiger partial charge is 0.229 e. The number of hydrogen-bond acceptors (Lipinski definition) is 3. The van der Waals surface area contributed by atoms with Crippen LogP contribution >= 0.6 is 0 Å². The zero-order chi connectivity index (χ0) is 9.90. The summed E-state index contributed by atoms with van der Waals surface area (Å²) in [4.78, 5) is 0. The van der Waals surface area contributed by atoms with Crippen LogP contribution in [0.2, 0.25) is 0 Å². The van der Waals surface area contributed by atoms with Crippen LogP contribution in [0.1, 0.15) is 0 Å². The van der Waals surface area contributed by atoms with E-state index in [9.17, 15) is 8.42 Å². The molecule has 0 unspecified atom stereocenters. The van der Waals surface area contributed by atoms with Gasteiger partial charge in [-0.1, -0.05) is 6.07 Å². The van der Waals surface area contributed by atoms with E-state index in [1.165, 1.54) is 0 Å². The van der Waals surface area contributed by atoms with Crippen molar-refractivity contribution in [2.45, 2.75) is 0 Å². The molecule has 0 saturated heterocycles. The second-order valence-electron chi connectivity index (χ2n) is 2.63. The fraction of sp³-hybridized carbons (Fsp3) is 0.125. The fourth-order valence-corrected chi connectivity index (χ4v) is 1.46. The number of anilines is 2. The van der Waals surface area contributed by atoms with Crippen LogP contribution in [0.4, 0.5) is 11.4 Å². The first-order valence-corrected chi connectivity index (χ1v) is 5.51. The van der Waals surface area contributed by atoms with Gasteiger partial charge in [0, 0.05) is 12.7 Å². The van der Waals surface area contributed by atoms with Gasteiger partial charge in [0.05, 0.1) is 11.9 Å². The Labute approximate surface area is 78.0 Å². The molecular weight excluding hydrogens is 188 g/mol. The third-order valence-corrected chi connectivity index (χ3v) is 1.98. The average Bonchev–Trinajstić information content (AvgIpc) is 2.01. The van der Waals surface area contributed by atoms with Crippen LogP contribution in [-0.2, 0) is 10.0 Å². The molecule has 0 aliphatic rings. The molecule has 0 spiro atoms. The Morgan fingerprint density at radius 1 is 1.31 bits per heavy atom. The molecule has 71 valence electrons. The molecule has 0 fully saturated rings. The molecule has 1 aromatic rings. The third-order valence-electron chi connectivity index (χ3n) is 1.37. The predicted octanol–water partition coefficient (Wildman–Crippen LogP) is 1.26. The molecule has 4 nitrogen and oxygen atoms in total. The van der Waals surface area contributed by atoms with Crippen molar-refractivity contribution in [2.75, 3.05) is 16.3 Å². The lowest BCUT2D eigenvalue weighted by Crippen LogP contribution is -2.09. The summed E-state index contributed by atoms with van der Waals surface area (Å²) in [5.74, 6) is 0. The van der Waals surface area contributed by atoms with Crippen molar-refractivity contribution in [3.05, 3.63) is 31.3 Å². The zero-order valence-electron chi connectivity index (χ0n) is 7.24. The standard InChI is InChI=1S/C8H11N2O2S/c1-9-7-4-3-5-8(6-7)10-13(2,11)12/h3-6,9-10H,1H2,2H3. The van der Waals surface area contributed by atoms with Crippen LogP contribution in [0.3, 0.4) is 0 Å². The van der Waals surface area contributed by atoms with Gasteiger partial charge in [-0.3, -0.25) is 4.72 Å². The van der Waals surface area contributed by atoms with Gasteiger partial charge >= 0.3 is 0 Å². The van der Waals surface area contributed by atoms with Gasteiger partial charge in [-0.05, 0) is 18.2 Å². The van der Waals surface area contributed by atoms with Crippen LogP contribution in [0.25, 0.3) is 0 Å². The summed E-state index contributed by atoms with van der Waals surface area (Å²) in [5, 5.41) is 2.67. The Morgan fingerprint density at radius 2 is 1.92 bits per heavy atom. The van der Waals surface area contributed by atoms with Crippen LogP contribution in [0, 0.1) is 7.05 Å². The summed E-state index contributed by atoms with van der Waals surface area (Å²) in [6, 6.07) is 6.86. The summed E-state index contributed by atoms with van der Waals surface area (Å²) in [6.45, 7) is 0. The quantitative estimate of drug-likeness (QED) is 0.770. The largest absolute Gasteiger partial charge is 0.383 e. The summed E-state index contributed by atoms with van der Waals surface area (Å²) in [7, 11) is 0.266. The Balaban J connectivity index is 2.90. The molecule has 2 N–H and O–H groups in total. The first kappa shape index (κ1) is 9.85. The molecule has 0 saturated carbocycles. The normalized spacial score (nSPS) is 10.9. The van der Waals surface area contributed by atoms with Gasteiger partial charge in [0.1, 0.15) is 0 Å². The van der Waals surface area contributed by atoms with Crippen LogP contribution in [0.15, 0.2) is 24.3 Å². The first-order chi connectivity index (χ1) is 6.01. The summed E-state index contributed by atoms with van der Waals surface area (Å²) < 4.78 is 24.1. The molecular formula is C8H11N2O2S. The second-order valence-corrected chi connectivity index (χ2v) is 4.38. The monoisotopic (exact) mass is 199 g/mol. The minimum atomic E-state index is -3.20. The maximum atomic E-state index is 10.9. The van der Waals surface area contributed by atoms with Crippen molar-refractivity contribution >= 4 is 21.4 Å². The predicted molar refractivity (Wildman–Crippen MR) is 53.9 cm³/mol. The van der Waals surface area contributed by atoms with Gasteiger partial charge in [0.15, 0.2) is 0 Å². The van der Waals surface area contributed by atoms with Crippen LogP contribution < -0.4 is 10.0 Å². The number of benzene rings is 1. The van der Waals surface area contributed by atoms with Gasteiger partial charge in [-0.15, -0.1) is 0 Å². The number of rotatable bonds is 3. The molecule has 0 aliphatic carbocycles. The fourth-order valence-electron chi connectivity index (χ4n) is 0.907. The van der Waals surface area contributed by atoms with Crippen molar-refractivity contribution in [2.24, 2.45) is 0 Å². The Hall–Kier alpha value is -1.23.